The van der Waals surface area contributed by atoms with E-state index < -0.39 is 0 Å². The molecular formula is C26H21N7OS. The number of methoxy groups -OCH3 is 1. The Morgan fingerprint density at radius 3 is 2.40 bits per heavy atom. The van der Waals surface area contributed by atoms with Crippen LogP contribution in [0.1, 0.15) is 11.4 Å². The number of pyridine rings is 2. The first-order valence-corrected chi connectivity index (χ1v) is 11.9. The Morgan fingerprint density at radius 2 is 1.69 bits per heavy atom. The van der Waals surface area contributed by atoms with Crippen molar-refractivity contribution in [2.75, 3.05) is 7.11 Å². The minimum absolute atomic E-state index is 0.509. The molecular weight excluding hydrogens is 458 g/mol. The maximum Gasteiger partial charge on any atom is 0.301 e. The second kappa shape index (κ2) is 8.44. The summed E-state index contributed by atoms with van der Waals surface area (Å²) in [4.78, 5) is 22.9. The zero-order valence-electron chi connectivity index (χ0n) is 19.4. The van der Waals surface area contributed by atoms with Crippen LogP contribution in [-0.2, 0) is 0 Å². The van der Waals surface area contributed by atoms with Gasteiger partial charge in [-0.15, -0.1) is 11.3 Å². The van der Waals surface area contributed by atoms with E-state index in [2.05, 4.69) is 24.5 Å². The van der Waals surface area contributed by atoms with Crippen LogP contribution in [0.15, 0.2) is 72.6 Å². The molecule has 6 aromatic rings. The van der Waals surface area contributed by atoms with Crippen molar-refractivity contribution in [1.82, 2.24) is 34.1 Å². The van der Waals surface area contributed by atoms with E-state index in [-0.39, 0.29) is 0 Å². The van der Waals surface area contributed by atoms with Crippen molar-refractivity contribution in [2.24, 2.45) is 0 Å². The smallest absolute Gasteiger partial charge is 0.301 e. The van der Waals surface area contributed by atoms with E-state index in [0.29, 0.717) is 6.01 Å². The second-order valence-electron chi connectivity index (χ2n) is 8.12. The molecule has 8 nitrogen and oxygen atoms in total. The number of hydrogen-bond acceptors (Lipinski definition) is 7. The highest BCUT2D eigenvalue weighted by atomic mass is 32.1. The summed E-state index contributed by atoms with van der Waals surface area (Å²) in [5.41, 5.74) is 7.32. The Hall–Kier alpha value is -4.37. The van der Waals surface area contributed by atoms with Crippen LogP contribution in [0.4, 0.5) is 0 Å². The molecule has 1 aromatic carbocycles. The first kappa shape index (κ1) is 21.2. The van der Waals surface area contributed by atoms with Crippen LogP contribution in [0.5, 0.6) is 6.01 Å². The molecule has 0 radical (unpaired) electrons. The van der Waals surface area contributed by atoms with Gasteiger partial charge >= 0.3 is 6.01 Å². The molecule has 0 spiro atoms. The predicted molar refractivity (Wildman–Crippen MR) is 136 cm³/mol. The van der Waals surface area contributed by atoms with Crippen molar-refractivity contribution < 1.29 is 4.74 Å². The normalized spacial score (nSPS) is 11.3. The summed E-state index contributed by atoms with van der Waals surface area (Å²) in [6.45, 7) is 3.97. The SMILES string of the molecule is COc1nc2ccncc2n1-c1ccc(-c2nc(-c3nc(C)cs3)cn2-c2ccc(C)nc2)cc1. The molecule has 0 saturated heterocycles. The van der Waals surface area contributed by atoms with Gasteiger partial charge in [-0.3, -0.25) is 19.1 Å². The predicted octanol–water partition coefficient (Wildman–Crippen LogP) is 5.42. The van der Waals surface area contributed by atoms with Gasteiger partial charge in [0.2, 0.25) is 0 Å². The average Bonchev–Trinajstić information content (AvgIpc) is 3.61. The van der Waals surface area contributed by atoms with E-state index in [1.807, 2.05) is 78.7 Å². The largest absolute Gasteiger partial charge is 0.468 e. The number of aryl methyl sites for hydroxylation is 2. The van der Waals surface area contributed by atoms with E-state index in [0.717, 1.165) is 55.9 Å². The molecule has 0 amide bonds. The molecule has 0 fully saturated rings. The van der Waals surface area contributed by atoms with Crippen molar-refractivity contribution in [2.45, 2.75) is 13.8 Å². The Morgan fingerprint density at radius 1 is 0.857 bits per heavy atom. The van der Waals surface area contributed by atoms with E-state index in [9.17, 15) is 0 Å². The molecule has 0 saturated carbocycles. The number of thiazole rings is 1. The highest BCUT2D eigenvalue weighted by Crippen LogP contribution is 2.31. The van der Waals surface area contributed by atoms with Crippen LogP contribution in [0, 0.1) is 13.8 Å². The maximum atomic E-state index is 5.54. The standard InChI is InChI=1S/C26H21N7OS/c1-16-4-7-20(12-28-16)32-14-22(25-29-17(2)15-35-25)30-24(32)18-5-8-19(9-6-18)33-23-13-27-11-10-21(23)31-26(33)34-3/h4-15H,1-3H3. The number of ether oxygens (including phenoxy) is 1. The minimum atomic E-state index is 0.509. The summed E-state index contributed by atoms with van der Waals surface area (Å²) < 4.78 is 9.55. The Kier molecular flexibility index (Phi) is 5.11. The van der Waals surface area contributed by atoms with Crippen LogP contribution in [0.2, 0.25) is 0 Å². The van der Waals surface area contributed by atoms with Crippen molar-refractivity contribution >= 4 is 22.4 Å². The molecule has 0 aliphatic heterocycles. The third-order valence-electron chi connectivity index (χ3n) is 5.71. The van der Waals surface area contributed by atoms with Crippen LogP contribution in [-0.4, -0.2) is 41.2 Å². The third kappa shape index (κ3) is 3.75. The Balaban J connectivity index is 1.46. The number of fused-ring (bicyclic) bond motifs is 1. The van der Waals surface area contributed by atoms with Gasteiger partial charge in [-0.2, -0.15) is 4.98 Å². The van der Waals surface area contributed by atoms with Gasteiger partial charge in [0.15, 0.2) is 0 Å². The number of aromatic nitrogens is 7. The molecule has 9 heteroatoms. The summed E-state index contributed by atoms with van der Waals surface area (Å²) in [6, 6.07) is 14.6. The lowest BCUT2D eigenvalue weighted by molar-refractivity contribution is 0.376. The van der Waals surface area contributed by atoms with Crippen LogP contribution >= 0.6 is 11.3 Å². The summed E-state index contributed by atoms with van der Waals surface area (Å²) in [5, 5.41) is 2.93. The van der Waals surface area contributed by atoms with Crippen LogP contribution in [0.3, 0.4) is 0 Å². The van der Waals surface area contributed by atoms with Gasteiger partial charge < -0.3 is 4.74 Å². The van der Waals surface area contributed by atoms with Crippen LogP contribution < -0.4 is 4.74 Å². The highest BCUT2D eigenvalue weighted by Gasteiger charge is 2.17. The first-order valence-electron chi connectivity index (χ1n) is 11.0. The van der Waals surface area contributed by atoms with E-state index in [4.69, 9.17) is 9.72 Å². The maximum absolute atomic E-state index is 5.54. The minimum Gasteiger partial charge on any atom is -0.468 e. The van der Waals surface area contributed by atoms with Gasteiger partial charge in [0.1, 0.15) is 16.5 Å². The number of nitrogens with zero attached hydrogens (tertiary/aromatic N) is 7. The summed E-state index contributed by atoms with van der Waals surface area (Å²) in [7, 11) is 1.62. The molecule has 5 aromatic heterocycles. The van der Waals surface area contributed by atoms with Crippen molar-refractivity contribution in [3.05, 3.63) is 84.0 Å². The second-order valence-corrected chi connectivity index (χ2v) is 8.97. The lowest BCUT2D eigenvalue weighted by Crippen LogP contribution is -2.00. The monoisotopic (exact) mass is 479 g/mol. The fourth-order valence-electron chi connectivity index (χ4n) is 4.01. The highest BCUT2D eigenvalue weighted by molar-refractivity contribution is 7.13. The first-order chi connectivity index (χ1) is 17.1. The topological polar surface area (TPSA) is 83.5 Å². The number of imidazole rings is 2. The Bertz CT molecular complexity index is 1650. The van der Waals surface area contributed by atoms with Gasteiger partial charge in [0.05, 0.1) is 41.9 Å². The number of hydrogen-bond donors (Lipinski definition) is 0. The van der Waals surface area contributed by atoms with Crippen molar-refractivity contribution in [3.63, 3.8) is 0 Å². The third-order valence-corrected chi connectivity index (χ3v) is 6.69. The fraction of sp³-hybridized carbons (Fsp3) is 0.115. The quantitative estimate of drug-likeness (QED) is 0.328. The Labute approximate surface area is 205 Å². The molecule has 5 heterocycles. The van der Waals surface area contributed by atoms with Gasteiger partial charge in [-0.05, 0) is 56.3 Å². The van der Waals surface area contributed by atoms with Crippen molar-refractivity contribution in [3.8, 4) is 39.5 Å². The zero-order chi connectivity index (χ0) is 23.9. The number of benzene rings is 1. The summed E-state index contributed by atoms with van der Waals surface area (Å²) in [6.07, 6.45) is 7.40. The van der Waals surface area contributed by atoms with Gasteiger partial charge in [0.25, 0.3) is 0 Å². The average molecular weight is 480 g/mol. The van der Waals surface area contributed by atoms with Gasteiger partial charge in [0, 0.05) is 34.7 Å². The molecule has 0 aliphatic rings. The van der Waals surface area contributed by atoms with Gasteiger partial charge in [-0.25, -0.2) is 9.97 Å². The molecule has 0 bridgehead atoms. The molecule has 0 atom stereocenters. The van der Waals surface area contributed by atoms with Crippen molar-refractivity contribution in [1.29, 1.82) is 0 Å². The van der Waals surface area contributed by atoms with Gasteiger partial charge in [-0.1, -0.05) is 0 Å². The molecule has 0 unspecified atom stereocenters. The zero-order valence-corrected chi connectivity index (χ0v) is 20.2. The van der Waals surface area contributed by atoms with Crippen LogP contribution in [0.25, 0.3) is 44.5 Å². The number of rotatable bonds is 5. The fourth-order valence-corrected chi connectivity index (χ4v) is 4.76. The van der Waals surface area contributed by atoms with E-state index in [1.165, 1.54) is 0 Å². The molecule has 0 N–H and O–H groups in total. The lowest BCUT2D eigenvalue weighted by Gasteiger charge is -2.10. The molecule has 0 aliphatic carbocycles. The van der Waals surface area contributed by atoms with E-state index in [1.54, 1.807) is 30.8 Å². The molecule has 172 valence electrons. The molecule has 35 heavy (non-hydrogen) atoms. The molecule has 6 rings (SSSR count). The lowest BCUT2D eigenvalue weighted by atomic mass is 10.2. The summed E-state index contributed by atoms with van der Waals surface area (Å²) in [5.74, 6) is 0.814. The van der Waals surface area contributed by atoms with E-state index >= 15 is 0 Å². The summed E-state index contributed by atoms with van der Waals surface area (Å²) >= 11 is 1.59.